The molecule has 0 heterocycles. The summed E-state index contributed by atoms with van der Waals surface area (Å²) in [6.07, 6.45) is 0. The summed E-state index contributed by atoms with van der Waals surface area (Å²) in [7, 11) is 0. The van der Waals surface area contributed by atoms with Crippen LogP contribution in [0.15, 0.2) is 200 Å². The van der Waals surface area contributed by atoms with Gasteiger partial charge >= 0.3 is 0 Å². The Morgan fingerprint density at radius 3 is 1.49 bits per heavy atom. The van der Waals surface area contributed by atoms with Crippen LogP contribution in [0.2, 0.25) is 0 Å². The molecule has 0 saturated heterocycles. The van der Waals surface area contributed by atoms with E-state index in [1.54, 1.807) is 0 Å². The van der Waals surface area contributed by atoms with Gasteiger partial charge in [-0.25, -0.2) is 0 Å². The van der Waals surface area contributed by atoms with Gasteiger partial charge in [-0.2, -0.15) is 0 Å². The number of hydrogen-bond donors (Lipinski definition) is 0. The molecule has 1 nitrogen and oxygen atoms in total. The molecule has 0 aliphatic rings. The first kappa shape index (κ1) is 28.3. The Kier molecular flexibility index (Phi) is 7.63. The molecule has 0 aliphatic carbocycles. The van der Waals surface area contributed by atoms with Gasteiger partial charge in [0, 0.05) is 16.9 Å². The fraction of sp³-hybridized carbons (Fsp3) is 0. The van der Waals surface area contributed by atoms with Crippen molar-refractivity contribution >= 4 is 27.8 Å². The van der Waals surface area contributed by atoms with Gasteiger partial charge in [0.2, 0.25) is 0 Å². The molecule has 0 atom stereocenters. The number of rotatable bonds is 7. The van der Waals surface area contributed by atoms with Gasteiger partial charge in [-0.05, 0) is 80.0 Å². The first-order chi connectivity index (χ1) is 23.3. The van der Waals surface area contributed by atoms with Gasteiger partial charge in [-0.3, -0.25) is 0 Å². The molecule has 0 radical (unpaired) electrons. The van der Waals surface area contributed by atoms with E-state index in [9.17, 15) is 0 Å². The predicted octanol–water partition coefficient (Wildman–Crippen LogP) is 13.0. The molecule has 0 amide bonds. The van der Waals surface area contributed by atoms with Crippen LogP contribution in [0, 0.1) is 0 Å². The fourth-order valence-corrected chi connectivity index (χ4v) is 6.54. The van der Waals surface area contributed by atoms with Crippen molar-refractivity contribution in [3.8, 4) is 44.5 Å². The summed E-state index contributed by atoms with van der Waals surface area (Å²) in [5, 5.41) is 2.50. The zero-order valence-electron chi connectivity index (χ0n) is 26.0. The maximum absolute atomic E-state index is 2.39. The second-order valence-electron chi connectivity index (χ2n) is 11.8. The lowest BCUT2D eigenvalue weighted by Crippen LogP contribution is -2.11. The van der Waals surface area contributed by atoms with Crippen molar-refractivity contribution in [1.29, 1.82) is 0 Å². The zero-order valence-corrected chi connectivity index (χ0v) is 26.0. The van der Waals surface area contributed by atoms with Crippen LogP contribution < -0.4 is 4.90 Å². The molecule has 0 spiro atoms. The average Bonchev–Trinajstić information content (AvgIpc) is 3.16. The van der Waals surface area contributed by atoms with Crippen molar-refractivity contribution in [2.24, 2.45) is 0 Å². The largest absolute Gasteiger partial charge is 0.310 e. The van der Waals surface area contributed by atoms with Crippen molar-refractivity contribution in [3.63, 3.8) is 0 Å². The number of para-hydroxylation sites is 1. The molecule has 0 aromatic heterocycles. The topological polar surface area (TPSA) is 3.24 Å². The summed E-state index contributed by atoms with van der Waals surface area (Å²) in [6.45, 7) is 0. The fourth-order valence-electron chi connectivity index (χ4n) is 6.54. The number of fused-ring (bicyclic) bond motifs is 1. The standard InChI is InChI=1S/C46H33N/c1-3-13-34(14-4-1)35-25-27-36(28-26-35)37-29-31-41(32-30-37)47(46-24-10-9-22-45(46)39-15-5-2-6-16-39)42-20-11-19-40(33-42)44-23-12-18-38-17-7-8-21-43(38)44/h1-33H. The summed E-state index contributed by atoms with van der Waals surface area (Å²) in [5.74, 6) is 0. The number of hydrogen-bond acceptors (Lipinski definition) is 1. The van der Waals surface area contributed by atoms with Crippen LogP contribution in [-0.2, 0) is 0 Å². The second-order valence-corrected chi connectivity index (χ2v) is 11.8. The van der Waals surface area contributed by atoms with Gasteiger partial charge in [0.05, 0.1) is 5.69 Å². The quantitative estimate of drug-likeness (QED) is 0.176. The Hall–Kier alpha value is -6.18. The first-order valence-electron chi connectivity index (χ1n) is 16.1. The van der Waals surface area contributed by atoms with Crippen LogP contribution in [0.5, 0.6) is 0 Å². The van der Waals surface area contributed by atoms with Gasteiger partial charge in [0.25, 0.3) is 0 Å². The number of anilines is 3. The Balaban J connectivity index is 1.23. The van der Waals surface area contributed by atoms with E-state index >= 15 is 0 Å². The SMILES string of the molecule is c1ccc(-c2ccc(-c3ccc(N(c4cccc(-c5cccc6ccccc56)c4)c4ccccc4-c4ccccc4)cc3)cc2)cc1. The summed E-state index contributed by atoms with van der Waals surface area (Å²) in [5.41, 5.74) is 13.0. The van der Waals surface area contributed by atoms with Crippen LogP contribution in [0.3, 0.4) is 0 Å². The third kappa shape index (κ3) is 5.72. The lowest BCUT2D eigenvalue weighted by atomic mass is 9.97. The van der Waals surface area contributed by atoms with E-state index < -0.39 is 0 Å². The van der Waals surface area contributed by atoms with Crippen LogP contribution in [0.4, 0.5) is 17.1 Å². The molecule has 222 valence electrons. The normalized spacial score (nSPS) is 11.0. The van der Waals surface area contributed by atoms with Crippen LogP contribution >= 0.6 is 0 Å². The zero-order chi connectivity index (χ0) is 31.4. The van der Waals surface area contributed by atoms with Crippen molar-refractivity contribution < 1.29 is 0 Å². The molecule has 0 bridgehead atoms. The van der Waals surface area contributed by atoms with E-state index in [1.807, 2.05) is 0 Å². The maximum Gasteiger partial charge on any atom is 0.0540 e. The van der Waals surface area contributed by atoms with Crippen LogP contribution in [0.25, 0.3) is 55.3 Å². The highest BCUT2D eigenvalue weighted by Gasteiger charge is 2.18. The predicted molar refractivity (Wildman–Crippen MR) is 200 cm³/mol. The molecule has 8 aromatic carbocycles. The summed E-state index contributed by atoms with van der Waals surface area (Å²) < 4.78 is 0. The van der Waals surface area contributed by atoms with Gasteiger partial charge in [-0.1, -0.05) is 170 Å². The van der Waals surface area contributed by atoms with Crippen molar-refractivity contribution in [2.75, 3.05) is 4.90 Å². The van der Waals surface area contributed by atoms with E-state index in [-0.39, 0.29) is 0 Å². The van der Waals surface area contributed by atoms with Gasteiger partial charge in [0.1, 0.15) is 0 Å². The van der Waals surface area contributed by atoms with E-state index in [4.69, 9.17) is 0 Å². The highest BCUT2D eigenvalue weighted by molar-refractivity contribution is 5.98. The number of nitrogens with zero attached hydrogens (tertiary/aromatic N) is 1. The third-order valence-electron chi connectivity index (χ3n) is 8.89. The molecule has 0 unspecified atom stereocenters. The maximum atomic E-state index is 2.39. The molecular weight excluding hydrogens is 567 g/mol. The van der Waals surface area contributed by atoms with Gasteiger partial charge in [0.15, 0.2) is 0 Å². The summed E-state index contributed by atoms with van der Waals surface area (Å²) >= 11 is 0. The smallest absolute Gasteiger partial charge is 0.0540 e. The minimum absolute atomic E-state index is 1.10. The molecule has 0 N–H and O–H groups in total. The van der Waals surface area contributed by atoms with E-state index in [0.717, 1.165) is 17.1 Å². The lowest BCUT2D eigenvalue weighted by Gasteiger charge is -2.28. The minimum Gasteiger partial charge on any atom is -0.310 e. The Morgan fingerprint density at radius 2 is 0.766 bits per heavy atom. The monoisotopic (exact) mass is 599 g/mol. The molecule has 1 heteroatoms. The molecule has 0 fully saturated rings. The third-order valence-corrected chi connectivity index (χ3v) is 8.89. The molecule has 47 heavy (non-hydrogen) atoms. The van der Waals surface area contributed by atoms with E-state index in [2.05, 4.69) is 205 Å². The number of benzene rings is 8. The van der Waals surface area contributed by atoms with Crippen molar-refractivity contribution in [1.82, 2.24) is 0 Å². The van der Waals surface area contributed by atoms with Crippen LogP contribution in [-0.4, -0.2) is 0 Å². The van der Waals surface area contributed by atoms with E-state index in [0.29, 0.717) is 0 Å². The van der Waals surface area contributed by atoms with Crippen molar-refractivity contribution in [3.05, 3.63) is 200 Å². The van der Waals surface area contributed by atoms with Crippen LogP contribution in [0.1, 0.15) is 0 Å². The average molecular weight is 600 g/mol. The van der Waals surface area contributed by atoms with Gasteiger partial charge < -0.3 is 4.90 Å². The lowest BCUT2D eigenvalue weighted by molar-refractivity contribution is 1.28. The Morgan fingerprint density at radius 1 is 0.277 bits per heavy atom. The minimum atomic E-state index is 1.10. The molecular formula is C46H33N. The molecule has 0 saturated carbocycles. The molecule has 8 rings (SSSR count). The highest BCUT2D eigenvalue weighted by atomic mass is 15.1. The Bertz CT molecular complexity index is 2260. The second kappa shape index (κ2) is 12.7. The Labute approximate surface area is 276 Å². The first-order valence-corrected chi connectivity index (χ1v) is 16.1. The molecule has 8 aromatic rings. The summed E-state index contributed by atoms with van der Waals surface area (Å²) in [4.78, 5) is 2.39. The molecule has 0 aliphatic heterocycles. The highest BCUT2D eigenvalue weighted by Crippen LogP contribution is 2.42. The van der Waals surface area contributed by atoms with E-state index in [1.165, 1.54) is 55.3 Å². The van der Waals surface area contributed by atoms with Gasteiger partial charge in [-0.15, -0.1) is 0 Å². The summed E-state index contributed by atoms with van der Waals surface area (Å²) in [6, 6.07) is 71.8. The van der Waals surface area contributed by atoms with Crippen molar-refractivity contribution in [2.45, 2.75) is 0 Å².